The van der Waals surface area contributed by atoms with Gasteiger partial charge in [0.25, 0.3) is 0 Å². The summed E-state index contributed by atoms with van der Waals surface area (Å²) < 4.78 is 18.4. The van der Waals surface area contributed by atoms with Crippen molar-refractivity contribution in [3.8, 4) is 56.4 Å². The lowest BCUT2D eigenvalue weighted by Crippen LogP contribution is -2.01. The third-order valence-electron chi connectivity index (χ3n) is 7.83. The number of benzene rings is 6. The second-order valence-electron chi connectivity index (χ2n) is 10.6. The van der Waals surface area contributed by atoms with Crippen molar-refractivity contribution < 1.29 is 4.39 Å². The normalized spacial score (nSPS) is 11.3. The average molecular weight is 586 g/mol. The quantitative estimate of drug-likeness (QED) is 0.202. The Hall–Kier alpha value is -5.52. The van der Waals surface area contributed by atoms with Crippen molar-refractivity contribution >= 4 is 31.5 Å². The van der Waals surface area contributed by atoms with Crippen molar-refractivity contribution in [1.29, 1.82) is 0 Å². The second kappa shape index (κ2) is 11.0. The third-order valence-corrected chi connectivity index (χ3v) is 9.12. The molecule has 208 valence electrons. The van der Waals surface area contributed by atoms with Gasteiger partial charge in [-0.25, -0.2) is 19.3 Å². The lowest BCUT2D eigenvalue weighted by atomic mass is 9.99. The van der Waals surface area contributed by atoms with E-state index in [0.29, 0.717) is 23.0 Å². The molecule has 2 aromatic heterocycles. The molecule has 0 spiro atoms. The first-order chi connectivity index (χ1) is 21.7. The van der Waals surface area contributed by atoms with E-state index in [4.69, 9.17) is 15.0 Å². The van der Waals surface area contributed by atoms with E-state index in [1.165, 1.54) is 26.6 Å². The van der Waals surface area contributed by atoms with E-state index in [1.807, 2.05) is 72.8 Å². The Bertz CT molecular complexity index is 2220. The van der Waals surface area contributed by atoms with Gasteiger partial charge in [0.1, 0.15) is 5.82 Å². The van der Waals surface area contributed by atoms with Crippen LogP contribution in [-0.2, 0) is 0 Å². The summed E-state index contributed by atoms with van der Waals surface area (Å²) in [6, 6.07) is 47.9. The molecule has 8 aromatic rings. The van der Waals surface area contributed by atoms with Gasteiger partial charge in [0.15, 0.2) is 17.5 Å². The smallest absolute Gasteiger partial charge is 0.167 e. The molecule has 0 atom stereocenters. The van der Waals surface area contributed by atoms with Gasteiger partial charge < -0.3 is 0 Å². The van der Waals surface area contributed by atoms with Gasteiger partial charge in [-0.2, -0.15) is 0 Å². The molecule has 2 heterocycles. The van der Waals surface area contributed by atoms with Crippen molar-refractivity contribution in [3.05, 3.63) is 151 Å². The van der Waals surface area contributed by atoms with Crippen molar-refractivity contribution in [2.45, 2.75) is 0 Å². The van der Waals surface area contributed by atoms with Crippen LogP contribution in [0.25, 0.3) is 76.6 Å². The van der Waals surface area contributed by atoms with Crippen LogP contribution < -0.4 is 0 Å². The summed E-state index contributed by atoms with van der Waals surface area (Å²) in [5, 5.41) is 2.37. The standard InChI is InChI=1S/C39H24FN3S/c40-34-24-28(30-19-11-21-32-31-20-10-18-29(35(31)44-36(30)32)25-12-4-1-5-13-25)22-23-33(34)39-42-37(26-14-6-2-7-15-26)41-38(43-39)27-16-8-3-9-17-27/h1-24H. The van der Waals surface area contributed by atoms with E-state index < -0.39 is 0 Å². The van der Waals surface area contributed by atoms with E-state index in [0.717, 1.165) is 27.0 Å². The number of rotatable bonds is 5. The second-order valence-corrected chi connectivity index (χ2v) is 11.6. The minimum Gasteiger partial charge on any atom is -0.208 e. The summed E-state index contributed by atoms with van der Waals surface area (Å²) in [6.07, 6.45) is 0. The molecular weight excluding hydrogens is 562 g/mol. The topological polar surface area (TPSA) is 38.7 Å². The van der Waals surface area contributed by atoms with Crippen molar-refractivity contribution in [1.82, 2.24) is 15.0 Å². The molecule has 0 saturated carbocycles. The van der Waals surface area contributed by atoms with Crippen LogP contribution in [0.2, 0.25) is 0 Å². The van der Waals surface area contributed by atoms with Crippen molar-refractivity contribution in [2.75, 3.05) is 0 Å². The van der Waals surface area contributed by atoms with Gasteiger partial charge in [0.05, 0.1) is 5.56 Å². The molecule has 0 aliphatic carbocycles. The number of aromatic nitrogens is 3. The molecule has 0 unspecified atom stereocenters. The van der Waals surface area contributed by atoms with Gasteiger partial charge in [-0.15, -0.1) is 11.3 Å². The van der Waals surface area contributed by atoms with E-state index in [-0.39, 0.29) is 5.82 Å². The van der Waals surface area contributed by atoms with Crippen LogP contribution in [0.5, 0.6) is 0 Å². The van der Waals surface area contributed by atoms with Crippen LogP contribution in [0.3, 0.4) is 0 Å². The highest BCUT2D eigenvalue weighted by Crippen LogP contribution is 2.44. The van der Waals surface area contributed by atoms with Gasteiger partial charge >= 0.3 is 0 Å². The number of hydrogen-bond acceptors (Lipinski definition) is 4. The first-order valence-electron chi connectivity index (χ1n) is 14.4. The molecule has 0 fully saturated rings. The van der Waals surface area contributed by atoms with E-state index >= 15 is 4.39 Å². The molecular formula is C39H24FN3S. The van der Waals surface area contributed by atoms with Gasteiger partial charge in [-0.3, -0.25) is 0 Å². The third kappa shape index (κ3) is 4.64. The van der Waals surface area contributed by atoms with Gasteiger partial charge in [0, 0.05) is 31.3 Å². The molecule has 5 heteroatoms. The van der Waals surface area contributed by atoms with Crippen LogP contribution in [0.15, 0.2) is 146 Å². The number of halogens is 1. The van der Waals surface area contributed by atoms with Gasteiger partial charge in [0.2, 0.25) is 0 Å². The Morgan fingerprint density at radius 1 is 0.386 bits per heavy atom. The highest BCUT2D eigenvalue weighted by atomic mass is 32.1. The SMILES string of the molecule is Fc1cc(-c2cccc3c2sc2c(-c4ccccc4)cccc23)ccc1-c1nc(-c2ccccc2)nc(-c2ccccc2)n1. The van der Waals surface area contributed by atoms with E-state index in [1.54, 1.807) is 23.5 Å². The minimum absolute atomic E-state index is 0.300. The zero-order valence-corrected chi connectivity index (χ0v) is 24.3. The lowest BCUT2D eigenvalue weighted by molar-refractivity contribution is 0.630. The number of hydrogen-bond donors (Lipinski definition) is 0. The molecule has 0 saturated heterocycles. The largest absolute Gasteiger partial charge is 0.208 e. The number of thiophene rings is 1. The van der Waals surface area contributed by atoms with Crippen LogP contribution in [0.4, 0.5) is 4.39 Å². The monoisotopic (exact) mass is 585 g/mol. The maximum absolute atomic E-state index is 16.1. The molecule has 44 heavy (non-hydrogen) atoms. The minimum atomic E-state index is -0.380. The molecule has 0 amide bonds. The molecule has 0 aliphatic heterocycles. The fraction of sp³-hybridized carbons (Fsp3) is 0. The van der Waals surface area contributed by atoms with Gasteiger partial charge in [-0.05, 0) is 34.4 Å². The molecule has 0 N–H and O–H groups in total. The first-order valence-corrected chi connectivity index (χ1v) is 15.2. The predicted octanol–water partition coefficient (Wildman–Crippen LogP) is 10.7. The molecule has 6 aromatic carbocycles. The van der Waals surface area contributed by atoms with Crippen LogP contribution >= 0.6 is 11.3 Å². The zero-order chi connectivity index (χ0) is 29.5. The summed E-state index contributed by atoms with van der Waals surface area (Å²) in [7, 11) is 0. The summed E-state index contributed by atoms with van der Waals surface area (Å²) in [4.78, 5) is 14.2. The number of fused-ring (bicyclic) bond motifs is 3. The highest BCUT2D eigenvalue weighted by molar-refractivity contribution is 7.26. The maximum Gasteiger partial charge on any atom is 0.167 e. The van der Waals surface area contributed by atoms with Crippen LogP contribution in [0.1, 0.15) is 0 Å². The summed E-state index contributed by atoms with van der Waals surface area (Å²) in [6.45, 7) is 0. The highest BCUT2D eigenvalue weighted by Gasteiger charge is 2.18. The van der Waals surface area contributed by atoms with Crippen LogP contribution in [0, 0.1) is 5.82 Å². The van der Waals surface area contributed by atoms with E-state index in [9.17, 15) is 0 Å². The fourth-order valence-corrected chi connectivity index (χ4v) is 7.06. The molecule has 8 rings (SSSR count). The summed E-state index contributed by atoms with van der Waals surface area (Å²) in [5.41, 5.74) is 6.22. The molecule has 0 radical (unpaired) electrons. The fourth-order valence-electron chi connectivity index (χ4n) is 5.69. The molecule has 0 bridgehead atoms. The predicted molar refractivity (Wildman–Crippen MR) is 180 cm³/mol. The maximum atomic E-state index is 16.1. The molecule has 3 nitrogen and oxygen atoms in total. The average Bonchev–Trinajstić information content (AvgIpc) is 3.48. The van der Waals surface area contributed by atoms with Crippen molar-refractivity contribution in [2.24, 2.45) is 0 Å². The van der Waals surface area contributed by atoms with Crippen molar-refractivity contribution in [3.63, 3.8) is 0 Å². The Labute approximate surface area is 258 Å². The Balaban J connectivity index is 1.25. The Morgan fingerprint density at radius 3 is 1.39 bits per heavy atom. The lowest BCUT2D eigenvalue weighted by Gasteiger charge is -2.10. The number of nitrogens with zero attached hydrogens (tertiary/aromatic N) is 3. The Morgan fingerprint density at radius 2 is 0.864 bits per heavy atom. The first kappa shape index (κ1) is 26.1. The zero-order valence-electron chi connectivity index (χ0n) is 23.5. The van der Waals surface area contributed by atoms with Gasteiger partial charge in [-0.1, -0.05) is 133 Å². The Kier molecular flexibility index (Phi) is 6.51. The van der Waals surface area contributed by atoms with Crippen LogP contribution in [-0.4, -0.2) is 15.0 Å². The summed E-state index contributed by atoms with van der Waals surface area (Å²) in [5.74, 6) is 0.925. The summed E-state index contributed by atoms with van der Waals surface area (Å²) >= 11 is 1.75. The molecule has 0 aliphatic rings. The van der Waals surface area contributed by atoms with E-state index in [2.05, 4.69) is 60.7 Å².